The van der Waals surface area contributed by atoms with Gasteiger partial charge in [0.05, 0.1) is 17.9 Å². The maximum absolute atomic E-state index is 9.79. The fourth-order valence-electron chi connectivity index (χ4n) is 8.28. The summed E-state index contributed by atoms with van der Waals surface area (Å²) in [5, 5.41) is 28.7. The Labute approximate surface area is 721 Å². The van der Waals surface area contributed by atoms with Crippen LogP contribution in [-0.2, 0) is 0 Å². The summed E-state index contributed by atoms with van der Waals surface area (Å²) in [5.41, 5.74) is 5.58. The van der Waals surface area contributed by atoms with Crippen LogP contribution in [0.15, 0.2) is 94.1 Å². The number of hydrogen-bond acceptors (Lipinski definition) is 6. The van der Waals surface area contributed by atoms with Crippen molar-refractivity contribution in [3.05, 3.63) is 181 Å². The van der Waals surface area contributed by atoms with E-state index in [4.69, 9.17) is 14.2 Å². The van der Waals surface area contributed by atoms with Crippen molar-refractivity contribution in [3.8, 4) is 34.5 Å². The zero-order valence-corrected chi connectivity index (χ0v) is 80.6. The lowest BCUT2D eigenvalue weighted by Gasteiger charge is -2.35. The topological polar surface area (TPSA) is 88.4 Å². The summed E-state index contributed by atoms with van der Waals surface area (Å²) in [6.07, 6.45) is 22.7. The summed E-state index contributed by atoms with van der Waals surface area (Å²) in [5.74, 6) is 3.92. The number of ether oxygens (including phenoxy) is 3. The Bertz CT molecular complexity index is 3410. The normalized spacial score (nSPS) is 13.5. The lowest BCUT2D eigenvalue weighted by Crippen LogP contribution is -2.35. The summed E-state index contributed by atoms with van der Waals surface area (Å²) in [4.78, 5) is 0. The van der Waals surface area contributed by atoms with Crippen molar-refractivity contribution < 1.29 is 29.5 Å². The van der Waals surface area contributed by atoms with E-state index in [0.717, 1.165) is 115 Å². The van der Waals surface area contributed by atoms with Gasteiger partial charge in [-0.3, -0.25) is 0 Å². The van der Waals surface area contributed by atoms with Crippen molar-refractivity contribution in [1.82, 2.24) is 0 Å². The number of aromatic hydroxyl groups is 3. The molecule has 21 heteroatoms. The molecule has 2 fully saturated rings. The van der Waals surface area contributed by atoms with Crippen LogP contribution in [0.3, 0.4) is 0 Å². The number of hydrogen-bond donors (Lipinski definition) is 3. The van der Waals surface area contributed by atoms with Crippen LogP contribution >= 0.6 is 339 Å². The molecule has 8 rings (SSSR count). The zero-order valence-electron chi connectivity index (χ0n) is 48.2. The van der Waals surface area contributed by atoms with Crippen molar-refractivity contribution in [3.63, 3.8) is 0 Å². The lowest BCUT2D eigenvalue weighted by molar-refractivity contribution is 0.0476. The van der Waals surface area contributed by atoms with Crippen molar-refractivity contribution in [2.75, 3.05) is 0 Å². The molecule has 0 radical (unpaired) electrons. The largest absolute Gasteiger partial charge is 0.507 e. The molecule has 0 atom stereocenters. The molecule has 6 nitrogen and oxygen atoms in total. The summed E-state index contributed by atoms with van der Waals surface area (Å²) in [6, 6.07) is 18.4. The number of rotatable bonds is 13. The summed E-state index contributed by atoms with van der Waals surface area (Å²) < 4.78 is 35.5. The minimum atomic E-state index is -0.134. The second-order valence-corrected chi connectivity index (χ2v) is 37.7. The molecule has 0 saturated heterocycles. The van der Waals surface area contributed by atoms with Crippen LogP contribution in [0.1, 0.15) is 132 Å². The molecule has 0 amide bonds. The van der Waals surface area contributed by atoms with E-state index in [-0.39, 0.29) is 16.8 Å². The number of phenols is 3. The highest BCUT2D eigenvalue weighted by molar-refractivity contribution is 14.1. The Morgan fingerprint density at radius 2 is 0.759 bits per heavy atom. The maximum atomic E-state index is 9.79. The van der Waals surface area contributed by atoms with E-state index in [0.29, 0.717) is 17.2 Å². The first-order valence-electron chi connectivity index (χ1n) is 26.6. The van der Waals surface area contributed by atoms with E-state index in [1.165, 1.54) is 53.5 Å². The standard InChI is InChI=1S/C15H18I2O.C14H16I2O.C13H16I2O.C8H4I4O.C8H5I3O.C8H6I2O/c1-3-11-9-12(16)10-13(17)14(11)18-15(2)7-5-4-6-8-15;1-3-10-8-11(15)9-12(16)13(10)17-14(2)6-4-5-7-14;1-5-9-7-10(14)8-11(15)12(9)16-13(3,4)6-2;1-2-3-4(9)5(10)6(11)7(12)8(3)13;1-2-4-3-5(9)6(10)7(11)8(4)12;1-2-5-3-6(9)7(10)4-8(5)11/h3,9-10H,1,4-8H2,2H3;3,8-9H,1,4-7H2,2H3;5,7-8H,1,6H2,2-4H3;2,13H,1H2;2-3,12H,1H2;2-4,11H,1H2. The molecule has 6 aromatic carbocycles. The lowest BCUT2D eigenvalue weighted by atomic mass is 9.86. The highest BCUT2D eigenvalue weighted by Gasteiger charge is 2.33. The van der Waals surface area contributed by atoms with Crippen LogP contribution in [-0.4, -0.2) is 32.1 Å². The minimum Gasteiger partial charge on any atom is -0.507 e. The summed E-state index contributed by atoms with van der Waals surface area (Å²) in [6.45, 7) is 33.4. The van der Waals surface area contributed by atoms with Gasteiger partial charge in [0.15, 0.2) is 0 Å². The van der Waals surface area contributed by atoms with E-state index in [1.807, 2.05) is 30.4 Å². The summed E-state index contributed by atoms with van der Waals surface area (Å²) >= 11 is 33.9. The Morgan fingerprint density at radius 1 is 0.402 bits per heavy atom. The molecule has 87 heavy (non-hydrogen) atoms. The predicted molar refractivity (Wildman–Crippen MR) is 500 cm³/mol. The van der Waals surface area contributed by atoms with Crippen molar-refractivity contribution >= 4 is 375 Å². The van der Waals surface area contributed by atoms with Crippen LogP contribution in [0, 0.1) is 53.6 Å². The van der Waals surface area contributed by atoms with Gasteiger partial charge >= 0.3 is 0 Å². The van der Waals surface area contributed by atoms with Gasteiger partial charge in [0, 0.05) is 69.1 Å². The second kappa shape index (κ2) is 41.2. The first-order chi connectivity index (χ1) is 40.7. The van der Waals surface area contributed by atoms with Gasteiger partial charge in [-0.1, -0.05) is 89.3 Å². The van der Waals surface area contributed by atoms with Gasteiger partial charge in [0.2, 0.25) is 0 Å². The first-order valence-corrected chi connectivity index (χ1v) is 42.8. The molecule has 0 aliphatic heterocycles. The average Bonchev–Trinajstić information content (AvgIpc) is 2.17. The van der Waals surface area contributed by atoms with Crippen molar-refractivity contribution in [1.29, 1.82) is 0 Å². The Balaban J connectivity index is 0.000000276. The van der Waals surface area contributed by atoms with Gasteiger partial charge in [-0.05, 0) is 479 Å². The Hall–Kier alpha value is 3.51. The minimum absolute atomic E-state index is 0.00270. The van der Waals surface area contributed by atoms with E-state index < -0.39 is 0 Å². The average molecular weight is 2860 g/mol. The van der Waals surface area contributed by atoms with Crippen molar-refractivity contribution in [2.45, 2.75) is 116 Å². The molecular weight excluding hydrogens is 2790 g/mol. The summed E-state index contributed by atoms with van der Waals surface area (Å²) in [7, 11) is 0. The molecular formula is C66H65I15O6. The smallest absolute Gasteiger partial charge is 0.140 e. The third-order valence-corrected chi connectivity index (χ3v) is 33.0. The number of halogens is 15. The van der Waals surface area contributed by atoms with E-state index in [9.17, 15) is 15.3 Å². The van der Waals surface area contributed by atoms with Crippen LogP contribution < -0.4 is 14.2 Å². The molecule has 2 aliphatic rings. The van der Waals surface area contributed by atoms with Gasteiger partial charge < -0.3 is 29.5 Å². The molecule has 3 N–H and O–H groups in total. The fraction of sp³-hybridized carbons (Fsp3) is 0.273. The second-order valence-electron chi connectivity index (χ2n) is 20.5. The predicted octanol–water partition coefficient (Wildman–Crippen LogP) is 27.5. The van der Waals surface area contributed by atoms with E-state index in [1.54, 1.807) is 24.3 Å². The molecule has 0 aromatic heterocycles. The third kappa shape index (κ3) is 26.6. The Morgan fingerprint density at radius 3 is 1.16 bits per heavy atom. The maximum Gasteiger partial charge on any atom is 0.140 e. The van der Waals surface area contributed by atoms with Crippen LogP contribution in [0.2, 0.25) is 0 Å². The molecule has 0 heterocycles. The highest BCUT2D eigenvalue weighted by atomic mass is 127. The molecule has 0 spiro atoms. The highest BCUT2D eigenvalue weighted by Crippen LogP contribution is 2.42. The molecule has 2 aliphatic carbocycles. The van der Waals surface area contributed by atoms with Gasteiger partial charge in [-0.25, -0.2) is 0 Å². The van der Waals surface area contributed by atoms with Crippen molar-refractivity contribution in [2.24, 2.45) is 0 Å². The third-order valence-electron chi connectivity index (χ3n) is 13.4. The van der Waals surface area contributed by atoms with Gasteiger partial charge in [-0.2, -0.15) is 0 Å². The van der Waals surface area contributed by atoms with E-state index >= 15 is 0 Å². The SMILES string of the molecule is C=Cc1c(O)c(I)c(I)c(I)c1I.C=Cc1cc(I)c(I)c(I)c1O.C=Cc1cc(I)c(I)cc1O.C=Cc1cc(I)cc(I)c1OC(C)(C)CC.C=Cc1cc(I)cc(I)c1OC1(C)CCCC1.C=Cc1cc(I)cc(I)c1OC1(C)CCCCC1. The molecule has 0 unspecified atom stereocenters. The van der Waals surface area contributed by atoms with Gasteiger partial charge in [0.1, 0.15) is 51.3 Å². The number of phenolic OH excluding ortho intramolecular Hbond substituents is 3. The number of benzene rings is 6. The van der Waals surface area contributed by atoms with Crippen LogP contribution in [0.25, 0.3) is 36.5 Å². The monoisotopic (exact) mass is 2860 g/mol. The Kier molecular flexibility index (Phi) is 40.1. The molecule has 2 saturated carbocycles. The van der Waals surface area contributed by atoms with Gasteiger partial charge in [0.25, 0.3) is 0 Å². The first kappa shape index (κ1) is 84.7. The fourth-order valence-corrected chi connectivity index (χ4v) is 20.8. The quantitative estimate of drug-likeness (QED) is 0.0607. The molecule has 470 valence electrons. The van der Waals surface area contributed by atoms with Crippen LogP contribution in [0.4, 0.5) is 0 Å². The van der Waals surface area contributed by atoms with E-state index in [2.05, 4.69) is 449 Å². The molecule has 6 aromatic rings. The van der Waals surface area contributed by atoms with Gasteiger partial charge in [-0.15, -0.1) is 0 Å². The molecule has 0 bridgehead atoms. The zero-order chi connectivity index (χ0) is 65.9. The van der Waals surface area contributed by atoms with Crippen LogP contribution in [0.5, 0.6) is 34.5 Å².